The number of ether oxygens (including phenoxy) is 1. The number of hydrogen-bond donors (Lipinski definition) is 2. The SMILES string of the molecule is Cc1c(S)c(C)c(N2CCN(C(=O)OCC3c4ccccc4-c4ccccc43)CC2)c(C)c1C(=O)O. The first-order chi connectivity index (χ1) is 17.3. The summed E-state index contributed by atoms with van der Waals surface area (Å²) in [4.78, 5) is 29.5. The van der Waals surface area contributed by atoms with Gasteiger partial charge in [-0.2, -0.15) is 0 Å². The molecule has 5 rings (SSSR count). The highest BCUT2D eigenvalue weighted by Crippen LogP contribution is 2.44. The average Bonchev–Trinajstić information content (AvgIpc) is 3.20. The van der Waals surface area contributed by atoms with E-state index in [1.807, 2.05) is 38.1 Å². The van der Waals surface area contributed by atoms with Crippen LogP contribution in [0.3, 0.4) is 0 Å². The predicted octanol–water partition coefficient (Wildman–Crippen LogP) is 5.67. The molecular formula is C29H30N2O4S. The molecule has 2 aliphatic rings. The van der Waals surface area contributed by atoms with E-state index in [2.05, 4.69) is 41.8 Å². The maximum atomic E-state index is 13.0. The van der Waals surface area contributed by atoms with E-state index >= 15 is 0 Å². The summed E-state index contributed by atoms with van der Waals surface area (Å²) in [5.74, 6) is -0.914. The van der Waals surface area contributed by atoms with Crippen molar-refractivity contribution in [1.29, 1.82) is 0 Å². The molecule has 6 nitrogen and oxygen atoms in total. The Kier molecular flexibility index (Phi) is 6.43. The highest BCUT2D eigenvalue weighted by atomic mass is 32.1. The summed E-state index contributed by atoms with van der Waals surface area (Å²) in [6.45, 7) is 8.13. The Bertz CT molecular complexity index is 1320. The van der Waals surface area contributed by atoms with Crippen LogP contribution >= 0.6 is 12.6 Å². The lowest BCUT2D eigenvalue weighted by molar-refractivity contribution is 0.0695. The van der Waals surface area contributed by atoms with Crippen LogP contribution in [0, 0.1) is 20.8 Å². The molecule has 7 heteroatoms. The minimum atomic E-state index is -0.946. The predicted molar refractivity (Wildman–Crippen MR) is 144 cm³/mol. The Morgan fingerprint density at radius 3 is 2.00 bits per heavy atom. The minimum Gasteiger partial charge on any atom is -0.478 e. The summed E-state index contributed by atoms with van der Waals surface area (Å²) in [5.41, 5.74) is 8.39. The van der Waals surface area contributed by atoms with Gasteiger partial charge < -0.3 is 19.6 Å². The average molecular weight is 503 g/mol. The molecule has 1 fully saturated rings. The first-order valence-corrected chi connectivity index (χ1v) is 12.6. The number of benzene rings is 3. The van der Waals surface area contributed by atoms with Gasteiger partial charge in [-0.3, -0.25) is 0 Å². The number of fused-ring (bicyclic) bond motifs is 3. The fourth-order valence-corrected chi connectivity index (χ4v) is 6.00. The third-order valence-electron chi connectivity index (χ3n) is 7.57. The molecule has 0 aromatic heterocycles. The number of rotatable bonds is 4. The van der Waals surface area contributed by atoms with E-state index in [1.165, 1.54) is 22.3 Å². The largest absolute Gasteiger partial charge is 0.478 e. The van der Waals surface area contributed by atoms with Crippen molar-refractivity contribution in [3.05, 3.63) is 81.9 Å². The van der Waals surface area contributed by atoms with Gasteiger partial charge in [0.25, 0.3) is 0 Å². The molecule has 1 N–H and O–H groups in total. The molecule has 1 saturated heterocycles. The van der Waals surface area contributed by atoms with Gasteiger partial charge in [0.2, 0.25) is 0 Å². The van der Waals surface area contributed by atoms with Gasteiger partial charge in [0, 0.05) is 42.7 Å². The number of hydrogen-bond acceptors (Lipinski definition) is 5. The Balaban J connectivity index is 1.27. The van der Waals surface area contributed by atoms with Crippen molar-refractivity contribution >= 4 is 30.4 Å². The minimum absolute atomic E-state index is 0.0312. The van der Waals surface area contributed by atoms with Gasteiger partial charge in [-0.1, -0.05) is 48.5 Å². The van der Waals surface area contributed by atoms with Crippen molar-refractivity contribution in [3.8, 4) is 11.1 Å². The number of thiol groups is 1. The molecule has 0 bridgehead atoms. The standard InChI is InChI=1S/C29H30N2O4S/c1-17-25(28(32)33)18(2)27(36)19(3)26(17)30-12-14-31(15-13-30)29(34)35-16-24-22-10-6-4-8-20(22)21-9-5-7-11-23(21)24/h4-11,24,36H,12-16H2,1-3H3,(H,32,33). The second-order valence-corrected chi connectivity index (χ2v) is 9.98. The Labute approximate surface area is 216 Å². The van der Waals surface area contributed by atoms with Gasteiger partial charge in [-0.25, -0.2) is 9.59 Å². The molecule has 1 heterocycles. The molecule has 3 aromatic carbocycles. The summed E-state index contributed by atoms with van der Waals surface area (Å²) in [6.07, 6.45) is -0.310. The molecule has 36 heavy (non-hydrogen) atoms. The van der Waals surface area contributed by atoms with E-state index in [9.17, 15) is 14.7 Å². The number of anilines is 1. The van der Waals surface area contributed by atoms with Gasteiger partial charge >= 0.3 is 12.1 Å². The zero-order valence-electron chi connectivity index (χ0n) is 20.7. The van der Waals surface area contributed by atoms with Crippen molar-refractivity contribution < 1.29 is 19.4 Å². The van der Waals surface area contributed by atoms with Gasteiger partial charge in [-0.05, 0) is 59.7 Å². The summed E-state index contributed by atoms with van der Waals surface area (Å²) < 4.78 is 5.83. The Hall–Kier alpha value is -3.45. The van der Waals surface area contributed by atoms with E-state index in [0.29, 0.717) is 48.8 Å². The summed E-state index contributed by atoms with van der Waals surface area (Å²) >= 11 is 4.60. The van der Waals surface area contributed by atoms with Crippen LogP contribution in [-0.4, -0.2) is 54.9 Å². The fraction of sp³-hybridized carbons (Fsp3) is 0.310. The van der Waals surface area contributed by atoms with Crippen molar-refractivity contribution in [3.63, 3.8) is 0 Å². The van der Waals surface area contributed by atoms with Crippen LogP contribution < -0.4 is 4.90 Å². The van der Waals surface area contributed by atoms with E-state index in [0.717, 1.165) is 16.8 Å². The number of aromatic carboxylic acids is 1. The zero-order chi connectivity index (χ0) is 25.6. The lowest BCUT2D eigenvalue weighted by Gasteiger charge is -2.38. The van der Waals surface area contributed by atoms with E-state index in [1.54, 1.807) is 11.8 Å². The highest BCUT2D eigenvalue weighted by Gasteiger charge is 2.31. The van der Waals surface area contributed by atoms with E-state index in [-0.39, 0.29) is 12.0 Å². The molecule has 1 amide bonds. The lowest BCUT2D eigenvalue weighted by Crippen LogP contribution is -2.49. The quantitative estimate of drug-likeness (QED) is 0.450. The fourth-order valence-electron chi connectivity index (χ4n) is 5.79. The number of amides is 1. The van der Waals surface area contributed by atoms with Crippen LogP contribution in [-0.2, 0) is 4.74 Å². The Morgan fingerprint density at radius 1 is 0.889 bits per heavy atom. The van der Waals surface area contributed by atoms with E-state index < -0.39 is 5.97 Å². The molecule has 1 aliphatic heterocycles. The second-order valence-electron chi connectivity index (χ2n) is 9.53. The first-order valence-electron chi connectivity index (χ1n) is 12.2. The van der Waals surface area contributed by atoms with Gasteiger partial charge in [-0.15, -0.1) is 12.6 Å². The maximum absolute atomic E-state index is 13.0. The summed E-state index contributed by atoms with van der Waals surface area (Å²) in [7, 11) is 0. The second kappa shape index (κ2) is 9.54. The molecule has 0 spiro atoms. The Morgan fingerprint density at radius 2 is 1.44 bits per heavy atom. The zero-order valence-corrected chi connectivity index (χ0v) is 21.6. The van der Waals surface area contributed by atoms with Gasteiger partial charge in [0.05, 0.1) is 5.56 Å². The maximum Gasteiger partial charge on any atom is 0.409 e. The number of carboxylic acid groups (broad SMARTS) is 1. The van der Waals surface area contributed by atoms with Crippen LogP contribution in [0.15, 0.2) is 53.4 Å². The normalized spacial score (nSPS) is 15.0. The molecule has 1 aliphatic carbocycles. The third kappa shape index (κ3) is 4.01. The van der Waals surface area contributed by atoms with Crippen LogP contribution in [0.25, 0.3) is 11.1 Å². The molecular weight excluding hydrogens is 472 g/mol. The van der Waals surface area contributed by atoms with Crippen molar-refractivity contribution in [2.45, 2.75) is 31.6 Å². The topological polar surface area (TPSA) is 70.1 Å². The van der Waals surface area contributed by atoms with Gasteiger partial charge in [0.1, 0.15) is 6.61 Å². The number of carbonyl (C=O) groups is 2. The molecule has 3 aromatic rings. The summed E-state index contributed by atoms with van der Waals surface area (Å²) in [6, 6.07) is 16.6. The molecule has 186 valence electrons. The molecule has 0 atom stereocenters. The van der Waals surface area contributed by atoms with Crippen molar-refractivity contribution in [2.24, 2.45) is 0 Å². The van der Waals surface area contributed by atoms with Crippen LogP contribution in [0.4, 0.5) is 10.5 Å². The van der Waals surface area contributed by atoms with Crippen molar-refractivity contribution in [2.75, 3.05) is 37.7 Å². The number of piperazine rings is 1. The number of carbonyl (C=O) groups excluding carboxylic acids is 1. The molecule has 0 unspecified atom stereocenters. The summed E-state index contributed by atoms with van der Waals surface area (Å²) in [5, 5.41) is 9.75. The number of carboxylic acids is 1. The van der Waals surface area contributed by atoms with Crippen LogP contribution in [0.5, 0.6) is 0 Å². The highest BCUT2D eigenvalue weighted by molar-refractivity contribution is 7.80. The lowest BCUT2D eigenvalue weighted by atomic mass is 9.96. The number of nitrogens with zero attached hydrogens (tertiary/aromatic N) is 2. The van der Waals surface area contributed by atoms with Crippen molar-refractivity contribution in [1.82, 2.24) is 4.90 Å². The van der Waals surface area contributed by atoms with Crippen LogP contribution in [0.1, 0.15) is 44.1 Å². The van der Waals surface area contributed by atoms with E-state index in [4.69, 9.17) is 4.74 Å². The van der Waals surface area contributed by atoms with Gasteiger partial charge in [0.15, 0.2) is 0 Å². The monoisotopic (exact) mass is 502 g/mol. The first kappa shape index (κ1) is 24.3. The third-order valence-corrected chi connectivity index (χ3v) is 8.25. The smallest absolute Gasteiger partial charge is 0.409 e. The van der Waals surface area contributed by atoms with Crippen LogP contribution in [0.2, 0.25) is 0 Å². The molecule has 0 radical (unpaired) electrons. The molecule has 0 saturated carbocycles.